The molecule has 0 radical (unpaired) electrons. The summed E-state index contributed by atoms with van der Waals surface area (Å²) < 4.78 is 11.8. The van der Waals surface area contributed by atoms with Crippen molar-refractivity contribution in [3.8, 4) is 0 Å². The first-order chi connectivity index (χ1) is 20.8. The molecule has 0 aliphatic rings. The Labute approximate surface area is 264 Å². The van der Waals surface area contributed by atoms with Crippen LogP contribution >= 0.6 is 11.8 Å². The minimum Gasteiger partial charge on any atom is -0.381 e. The standard InChI is InChI=1S/C36H53NO5S/c1-29-15-17-32(18-16-29)27-37-36(40)34-21-19-33(20-22-34)28-43-26-8-4-5-13-35(42-25-10-12-31(3)39)14-6-7-23-41-24-9-11-30(2)38/h15-22,35H,4-14,23-28H2,1-3H3,(H,37,40). The minimum absolute atomic E-state index is 0.0459. The third-order valence-corrected chi connectivity index (χ3v) is 8.40. The molecular weight excluding hydrogens is 558 g/mol. The number of hydrogen-bond donors (Lipinski definition) is 1. The number of carbonyl (C=O) groups excluding carboxylic acids is 3. The molecule has 1 unspecified atom stereocenters. The highest BCUT2D eigenvalue weighted by Crippen LogP contribution is 2.18. The molecule has 0 spiro atoms. The summed E-state index contributed by atoms with van der Waals surface area (Å²) in [6.45, 7) is 7.87. The second-order valence-corrected chi connectivity index (χ2v) is 12.6. The lowest BCUT2D eigenvalue weighted by Crippen LogP contribution is -2.22. The number of ether oxygens (including phenoxy) is 2. The van der Waals surface area contributed by atoms with Crippen LogP contribution in [-0.2, 0) is 31.4 Å². The van der Waals surface area contributed by atoms with E-state index in [1.165, 1.54) is 24.0 Å². The second-order valence-electron chi connectivity index (χ2n) is 11.5. The van der Waals surface area contributed by atoms with Gasteiger partial charge in [0.1, 0.15) is 11.6 Å². The van der Waals surface area contributed by atoms with Crippen LogP contribution in [0, 0.1) is 6.92 Å². The van der Waals surface area contributed by atoms with E-state index in [0.29, 0.717) is 38.2 Å². The average molecular weight is 612 g/mol. The van der Waals surface area contributed by atoms with Gasteiger partial charge in [-0.2, -0.15) is 11.8 Å². The molecule has 2 aromatic carbocycles. The van der Waals surface area contributed by atoms with Gasteiger partial charge in [-0.1, -0.05) is 54.8 Å². The predicted molar refractivity (Wildman–Crippen MR) is 178 cm³/mol. The summed E-state index contributed by atoms with van der Waals surface area (Å²) in [5.74, 6) is 2.45. The zero-order valence-corrected chi connectivity index (χ0v) is 27.5. The number of nitrogens with one attached hydrogen (secondary N) is 1. The van der Waals surface area contributed by atoms with Crippen LogP contribution in [0.5, 0.6) is 0 Å². The van der Waals surface area contributed by atoms with Crippen LogP contribution < -0.4 is 5.32 Å². The number of unbranched alkanes of at least 4 members (excludes halogenated alkanes) is 3. The zero-order chi connectivity index (χ0) is 31.1. The van der Waals surface area contributed by atoms with Gasteiger partial charge in [-0.3, -0.25) is 4.79 Å². The van der Waals surface area contributed by atoms with Crippen molar-refractivity contribution in [2.24, 2.45) is 0 Å². The van der Waals surface area contributed by atoms with Gasteiger partial charge >= 0.3 is 0 Å². The summed E-state index contributed by atoms with van der Waals surface area (Å²) in [5, 5.41) is 3.00. The van der Waals surface area contributed by atoms with E-state index in [1.54, 1.807) is 13.8 Å². The van der Waals surface area contributed by atoms with Gasteiger partial charge in [-0.25, -0.2) is 0 Å². The van der Waals surface area contributed by atoms with Crippen LogP contribution in [0.25, 0.3) is 0 Å². The number of carbonyl (C=O) groups is 3. The molecule has 7 heteroatoms. The Morgan fingerprint density at radius 1 is 0.721 bits per heavy atom. The van der Waals surface area contributed by atoms with Gasteiger partial charge in [0.25, 0.3) is 5.91 Å². The highest BCUT2D eigenvalue weighted by molar-refractivity contribution is 7.98. The quantitative estimate of drug-likeness (QED) is 0.115. The third-order valence-electron chi connectivity index (χ3n) is 7.28. The van der Waals surface area contributed by atoms with Crippen molar-refractivity contribution >= 4 is 29.2 Å². The Morgan fingerprint density at radius 3 is 2.00 bits per heavy atom. The van der Waals surface area contributed by atoms with E-state index in [1.807, 2.05) is 36.0 Å². The first kappa shape index (κ1) is 36.7. The lowest BCUT2D eigenvalue weighted by atomic mass is 10.0. The number of aryl methyl sites for hydroxylation is 1. The molecule has 2 aromatic rings. The van der Waals surface area contributed by atoms with Crippen LogP contribution in [0.1, 0.15) is 112 Å². The summed E-state index contributed by atoms with van der Waals surface area (Å²) in [6.07, 6.45) is 10.7. The first-order valence-corrected chi connectivity index (χ1v) is 17.2. The molecule has 43 heavy (non-hydrogen) atoms. The van der Waals surface area contributed by atoms with Crippen molar-refractivity contribution < 1.29 is 23.9 Å². The van der Waals surface area contributed by atoms with Gasteiger partial charge in [0.05, 0.1) is 6.10 Å². The van der Waals surface area contributed by atoms with Crippen molar-refractivity contribution in [3.63, 3.8) is 0 Å². The molecule has 0 saturated heterocycles. The number of amides is 1. The maximum atomic E-state index is 12.5. The number of Topliss-reactive ketones (excluding diaryl/α,β-unsaturated/α-hetero) is 2. The molecule has 1 atom stereocenters. The molecule has 0 saturated carbocycles. The number of thioether (sulfide) groups is 1. The summed E-state index contributed by atoms with van der Waals surface area (Å²) in [6, 6.07) is 16.1. The van der Waals surface area contributed by atoms with Crippen LogP contribution in [-0.4, -0.2) is 49.2 Å². The van der Waals surface area contributed by atoms with E-state index in [-0.39, 0.29) is 23.6 Å². The van der Waals surface area contributed by atoms with E-state index >= 15 is 0 Å². The summed E-state index contributed by atoms with van der Waals surface area (Å²) in [4.78, 5) is 34.7. The number of rotatable bonds is 25. The van der Waals surface area contributed by atoms with Crippen molar-refractivity contribution in [2.75, 3.05) is 25.6 Å². The highest BCUT2D eigenvalue weighted by atomic mass is 32.2. The Kier molecular flexibility index (Phi) is 19.6. The smallest absolute Gasteiger partial charge is 0.251 e. The number of benzene rings is 2. The van der Waals surface area contributed by atoms with Gasteiger partial charge in [-0.15, -0.1) is 0 Å². The fourth-order valence-electron chi connectivity index (χ4n) is 4.67. The number of hydrogen-bond acceptors (Lipinski definition) is 6. The fraction of sp³-hybridized carbons (Fsp3) is 0.583. The molecular formula is C36H53NO5S. The van der Waals surface area contributed by atoms with E-state index in [0.717, 1.165) is 68.6 Å². The first-order valence-electron chi connectivity index (χ1n) is 16.0. The molecule has 0 aliphatic heterocycles. The normalized spacial score (nSPS) is 11.8. The van der Waals surface area contributed by atoms with Crippen LogP contribution in [0.4, 0.5) is 0 Å². The lowest BCUT2D eigenvalue weighted by molar-refractivity contribution is -0.118. The maximum absolute atomic E-state index is 12.5. The maximum Gasteiger partial charge on any atom is 0.251 e. The topological polar surface area (TPSA) is 81.7 Å². The molecule has 1 N–H and O–H groups in total. The monoisotopic (exact) mass is 611 g/mol. The van der Waals surface area contributed by atoms with Crippen molar-refractivity contribution in [1.82, 2.24) is 5.32 Å². The molecule has 0 bridgehead atoms. The lowest BCUT2D eigenvalue weighted by Gasteiger charge is -2.18. The van der Waals surface area contributed by atoms with Gasteiger partial charge in [0, 0.05) is 50.5 Å². The minimum atomic E-state index is -0.0459. The molecule has 0 heterocycles. The third kappa shape index (κ3) is 18.7. The van der Waals surface area contributed by atoms with E-state index in [4.69, 9.17) is 9.47 Å². The summed E-state index contributed by atoms with van der Waals surface area (Å²) >= 11 is 1.94. The van der Waals surface area contributed by atoms with Crippen molar-refractivity contribution in [2.45, 2.75) is 110 Å². The molecule has 2 rings (SSSR count). The Balaban J connectivity index is 1.58. The van der Waals surface area contributed by atoms with E-state index < -0.39 is 0 Å². The SMILES string of the molecule is CC(=O)CCCOCCCCC(CCCCCSCc1ccc(C(=O)NCc2ccc(C)cc2)cc1)OCCCC(C)=O. The average Bonchev–Trinajstić information content (AvgIpc) is 2.99. The molecule has 238 valence electrons. The fourth-order valence-corrected chi connectivity index (χ4v) is 5.65. The largest absolute Gasteiger partial charge is 0.381 e. The van der Waals surface area contributed by atoms with Crippen LogP contribution in [0.3, 0.4) is 0 Å². The predicted octanol–water partition coefficient (Wildman–Crippen LogP) is 8.03. The molecule has 6 nitrogen and oxygen atoms in total. The van der Waals surface area contributed by atoms with Crippen molar-refractivity contribution in [3.05, 3.63) is 70.8 Å². The van der Waals surface area contributed by atoms with Gasteiger partial charge in [0.2, 0.25) is 0 Å². The van der Waals surface area contributed by atoms with Gasteiger partial charge in [-0.05, 0) is 94.7 Å². The summed E-state index contributed by atoms with van der Waals surface area (Å²) in [7, 11) is 0. The van der Waals surface area contributed by atoms with Crippen molar-refractivity contribution in [1.29, 1.82) is 0 Å². The molecule has 0 aliphatic carbocycles. The van der Waals surface area contributed by atoms with Gasteiger partial charge < -0.3 is 24.4 Å². The molecule has 0 fully saturated rings. The number of ketones is 2. The summed E-state index contributed by atoms with van der Waals surface area (Å²) in [5.41, 5.74) is 4.24. The Hall–Kier alpha value is -2.48. The van der Waals surface area contributed by atoms with E-state index in [9.17, 15) is 14.4 Å². The van der Waals surface area contributed by atoms with Crippen LogP contribution in [0.15, 0.2) is 48.5 Å². The zero-order valence-electron chi connectivity index (χ0n) is 26.7. The van der Waals surface area contributed by atoms with Crippen LogP contribution in [0.2, 0.25) is 0 Å². The Morgan fingerprint density at radius 2 is 1.33 bits per heavy atom. The highest BCUT2D eigenvalue weighted by Gasteiger charge is 2.10. The van der Waals surface area contributed by atoms with Gasteiger partial charge in [0.15, 0.2) is 0 Å². The Bertz CT molecular complexity index is 1050. The molecule has 1 amide bonds. The second kappa shape index (κ2) is 23.0. The molecule has 0 aromatic heterocycles. The van der Waals surface area contributed by atoms with E-state index in [2.05, 4.69) is 36.5 Å².